The minimum Gasteiger partial charge on any atom is -0.497 e. The van der Waals surface area contributed by atoms with Crippen molar-refractivity contribution in [1.29, 1.82) is 0 Å². The molecule has 0 radical (unpaired) electrons. The molecular formula is C15H18N2O3. The standard InChI is InChI=1S/C15H18N2O3/c1-18-12-5-10(6-13(7-12)19-2)14-8-17-15(20-14)9-16-11-3-4-11/h5-8,11,16H,3-4,9H2,1-2H3. The number of oxazole rings is 1. The summed E-state index contributed by atoms with van der Waals surface area (Å²) in [5.41, 5.74) is 0.895. The normalized spacial score (nSPS) is 14.3. The zero-order chi connectivity index (χ0) is 13.9. The summed E-state index contributed by atoms with van der Waals surface area (Å²) in [6.07, 6.45) is 4.24. The first-order chi connectivity index (χ1) is 9.78. The van der Waals surface area contributed by atoms with E-state index in [1.165, 1.54) is 12.8 Å². The molecule has 0 amide bonds. The van der Waals surface area contributed by atoms with Gasteiger partial charge in [0.15, 0.2) is 5.76 Å². The summed E-state index contributed by atoms with van der Waals surface area (Å²) in [7, 11) is 3.26. The molecule has 0 saturated heterocycles. The van der Waals surface area contributed by atoms with Crippen LogP contribution in [0.15, 0.2) is 28.8 Å². The number of aromatic nitrogens is 1. The molecule has 5 heteroatoms. The van der Waals surface area contributed by atoms with E-state index in [4.69, 9.17) is 13.9 Å². The number of nitrogens with one attached hydrogen (secondary N) is 1. The molecule has 1 aromatic carbocycles. The SMILES string of the molecule is COc1cc(OC)cc(-c2cnc(CNC3CC3)o2)c1. The highest BCUT2D eigenvalue weighted by molar-refractivity contribution is 5.61. The van der Waals surface area contributed by atoms with Crippen molar-refractivity contribution in [3.05, 3.63) is 30.3 Å². The molecule has 3 rings (SSSR count). The van der Waals surface area contributed by atoms with E-state index in [1.807, 2.05) is 18.2 Å². The van der Waals surface area contributed by atoms with Crippen molar-refractivity contribution in [2.45, 2.75) is 25.4 Å². The lowest BCUT2D eigenvalue weighted by Crippen LogP contribution is -2.15. The van der Waals surface area contributed by atoms with Gasteiger partial charge in [0.25, 0.3) is 0 Å². The highest BCUT2D eigenvalue weighted by Crippen LogP contribution is 2.30. The minimum atomic E-state index is 0.641. The third kappa shape index (κ3) is 2.93. The lowest BCUT2D eigenvalue weighted by atomic mass is 10.1. The maximum absolute atomic E-state index is 5.76. The van der Waals surface area contributed by atoms with Crippen LogP contribution in [0.2, 0.25) is 0 Å². The van der Waals surface area contributed by atoms with Crippen LogP contribution in [-0.4, -0.2) is 25.2 Å². The van der Waals surface area contributed by atoms with Crippen LogP contribution >= 0.6 is 0 Å². The second kappa shape index (κ2) is 5.54. The van der Waals surface area contributed by atoms with Gasteiger partial charge in [0, 0.05) is 17.7 Å². The molecule has 1 N–H and O–H groups in total. The predicted octanol–water partition coefficient (Wildman–Crippen LogP) is 2.61. The van der Waals surface area contributed by atoms with E-state index in [2.05, 4.69) is 10.3 Å². The van der Waals surface area contributed by atoms with E-state index in [-0.39, 0.29) is 0 Å². The van der Waals surface area contributed by atoms with Gasteiger partial charge in [-0.25, -0.2) is 4.98 Å². The number of rotatable bonds is 6. The third-order valence-corrected chi connectivity index (χ3v) is 3.31. The highest BCUT2D eigenvalue weighted by Gasteiger charge is 2.21. The van der Waals surface area contributed by atoms with Crippen LogP contribution < -0.4 is 14.8 Å². The molecule has 0 unspecified atom stereocenters. The average Bonchev–Trinajstić information content (AvgIpc) is 3.20. The van der Waals surface area contributed by atoms with Gasteiger partial charge in [0.05, 0.1) is 27.0 Å². The van der Waals surface area contributed by atoms with Crippen molar-refractivity contribution < 1.29 is 13.9 Å². The van der Waals surface area contributed by atoms with E-state index in [9.17, 15) is 0 Å². The number of nitrogens with zero attached hydrogens (tertiary/aromatic N) is 1. The Hall–Kier alpha value is -2.01. The van der Waals surface area contributed by atoms with Gasteiger partial charge in [-0.05, 0) is 25.0 Å². The molecule has 20 heavy (non-hydrogen) atoms. The fourth-order valence-electron chi connectivity index (χ4n) is 1.99. The predicted molar refractivity (Wildman–Crippen MR) is 74.9 cm³/mol. The molecule has 1 fully saturated rings. The van der Waals surface area contributed by atoms with E-state index in [0.717, 1.165) is 22.8 Å². The van der Waals surface area contributed by atoms with Crippen LogP contribution in [-0.2, 0) is 6.54 Å². The quantitative estimate of drug-likeness (QED) is 0.877. The van der Waals surface area contributed by atoms with Crippen molar-refractivity contribution in [2.24, 2.45) is 0 Å². The molecular weight excluding hydrogens is 256 g/mol. The van der Waals surface area contributed by atoms with Gasteiger partial charge in [-0.2, -0.15) is 0 Å². The first-order valence-electron chi connectivity index (χ1n) is 6.70. The van der Waals surface area contributed by atoms with E-state index in [0.29, 0.717) is 18.5 Å². The van der Waals surface area contributed by atoms with E-state index < -0.39 is 0 Å². The van der Waals surface area contributed by atoms with Crippen molar-refractivity contribution in [3.63, 3.8) is 0 Å². The topological polar surface area (TPSA) is 56.5 Å². The van der Waals surface area contributed by atoms with Gasteiger partial charge in [-0.1, -0.05) is 0 Å². The van der Waals surface area contributed by atoms with E-state index >= 15 is 0 Å². The largest absolute Gasteiger partial charge is 0.497 e. The number of hydrogen-bond acceptors (Lipinski definition) is 5. The fraction of sp³-hybridized carbons (Fsp3) is 0.400. The molecule has 106 valence electrons. The van der Waals surface area contributed by atoms with Gasteiger partial charge in [-0.15, -0.1) is 0 Å². The Labute approximate surface area is 117 Å². The maximum Gasteiger partial charge on any atom is 0.208 e. The van der Waals surface area contributed by atoms with Crippen LogP contribution in [0.3, 0.4) is 0 Å². The molecule has 1 aromatic heterocycles. The minimum absolute atomic E-state index is 0.641. The molecule has 5 nitrogen and oxygen atoms in total. The molecule has 0 aliphatic heterocycles. The molecule has 0 spiro atoms. The number of methoxy groups -OCH3 is 2. The number of hydrogen-bond donors (Lipinski definition) is 1. The second-order valence-electron chi connectivity index (χ2n) is 4.87. The van der Waals surface area contributed by atoms with Crippen molar-refractivity contribution >= 4 is 0 Å². The van der Waals surface area contributed by atoms with Crippen LogP contribution in [0.25, 0.3) is 11.3 Å². The second-order valence-corrected chi connectivity index (χ2v) is 4.87. The summed E-state index contributed by atoms with van der Waals surface area (Å²) in [6.45, 7) is 0.672. The summed E-state index contributed by atoms with van der Waals surface area (Å²) < 4.78 is 16.3. The molecule has 1 aliphatic carbocycles. The van der Waals surface area contributed by atoms with Crippen LogP contribution in [0.5, 0.6) is 11.5 Å². The molecule has 2 aromatic rings. The fourth-order valence-corrected chi connectivity index (χ4v) is 1.99. The maximum atomic E-state index is 5.76. The lowest BCUT2D eigenvalue weighted by molar-refractivity contribution is 0.394. The molecule has 1 heterocycles. The Bertz CT molecular complexity index is 568. The Morgan fingerprint density at radius 3 is 2.50 bits per heavy atom. The summed E-state index contributed by atoms with van der Waals surface area (Å²) in [5, 5.41) is 3.38. The zero-order valence-corrected chi connectivity index (χ0v) is 11.7. The average molecular weight is 274 g/mol. The zero-order valence-electron chi connectivity index (χ0n) is 11.7. The molecule has 1 saturated carbocycles. The summed E-state index contributed by atoms with van der Waals surface area (Å²) in [5.74, 6) is 2.88. The Kier molecular flexibility index (Phi) is 3.60. The number of ether oxygens (including phenoxy) is 2. The Balaban J connectivity index is 1.80. The molecule has 0 atom stereocenters. The van der Waals surface area contributed by atoms with Gasteiger partial charge in [0.2, 0.25) is 5.89 Å². The Morgan fingerprint density at radius 2 is 1.90 bits per heavy atom. The van der Waals surface area contributed by atoms with Crippen molar-refractivity contribution in [2.75, 3.05) is 14.2 Å². The highest BCUT2D eigenvalue weighted by atomic mass is 16.5. The first kappa shape index (κ1) is 13.0. The van der Waals surface area contributed by atoms with Crippen molar-refractivity contribution in [3.8, 4) is 22.8 Å². The van der Waals surface area contributed by atoms with Crippen LogP contribution in [0, 0.1) is 0 Å². The summed E-state index contributed by atoms with van der Waals surface area (Å²) in [6, 6.07) is 6.28. The van der Waals surface area contributed by atoms with E-state index in [1.54, 1.807) is 20.4 Å². The Morgan fingerprint density at radius 1 is 1.20 bits per heavy atom. The molecule has 1 aliphatic rings. The third-order valence-electron chi connectivity index (χ3n) is 3.31. The van der Waals surface area contributed by atoms with Gasteiger partial charge >= 0.3 is 0 Å². The van der Waals surface area contributed by atoms with Gasteiger partial charge in [0.1, 0.15) is 11.5 Å². The molecule has 0 bridgehead atoms. The van der Waals surface area contributed by atoms with Crippen LogP contribution in [0.4, 0.5) is 0 Å². The van der Waals surface area contributed by atoms with Gasteiger partial charge in [-0.3, -0.25) is 0 Å². The smallest absolute Gasteiger partial charge is 0.208 e. The lowest BCUT2D eigenvalue weighted by Gasteiger charge is -2.06. The number of benzene rings is 1. The summed E-state index contributed by atoms with van der Waals surface area (Å²) in [4.78, 5) is 4.29. The van der Waals surface area contributed by atoms with Crippen LogP contribution in [0.1, 0.15) is 18.7 Å². The first-order valence-corrected chi connectivity index (χ1v) is 6.70. The summed E-state index contributed by atoms with van der Waals surface area (Å²) >= 11 is 0. The van der Waals surface area contributed by atoms with Gasteiger partial charge < -0.3 is 19.2 Å². The monoisotopic (exact) mass is 274 g/mol. The van der Waals surface area contributed by atoms with Crippen molar-refractivity contribution in [1.82, 2.24) is 10.3 Å².